The second kappa shape index (κ2) is 9.73. The second-order valence-corrected chi connectivity index (χ2v) is 7.35. The van der Waals surface area contributed by atoms with Gasteiger partial charge in [-0.3, -0.25) is 4.79 Å². The maximum Gasteiger partial charge on any atom is 0.319 e. The molecule has 1 aromatic heterocycles. The van der Waals surface area contributed by atoms with Gasteiger partial charge in [0.05, 0.1) is 5.52 Å². The summed E-state index contributed by atoms with van der Waals surface area (Å²) in [6, 6.07) is 16.8. The van der Waals surface area contributed by atoms with Crippen LogP contribution in [0.25, 0.3) is 10.9 Å². The third-order valence-corrected chi connectivity index (χ3v) is 4.47. The van der Waals surface area contributed by atoms with Gasteiger partial charge in [-0.2, -0.15) is 0 Å². The Morgan fingerprint density at radius 1 is 1.00 bits per heavy atom. The minimum Gasteiger partial charge on any atom is -0.368 e. The summed E-state index contributed by atoms with van der Waals surface area (Å²) < 4.78 is 0. The number of amides is 3. The van der Waals surface area contributed by atoms with Gasteiger partial charge < -0.3 is 21.3 Å². The number of hydrogen-bond acceptors (Lipinski definition) is 4. The number of aryl methyl sites for hydroxylation is 1. The van der Waals surface area contributed by atoms with E-state index in [-0.39, 0.29) is 18.0 Å². The zero-order valence-electron chi connectivity index (χ0n) is 17.5. The largest absolute Gasteiger partial charge is 0.368 e. The van der Waals surface area contributed by atoms with Crippen LogP contribution in [0.5, 0.6) is 0 Å². The Labute approximate surface area is 176 Å². The van der Waals surface area contributed by atoms with Gasteiger partial charge in [0.25, 0.3) is 5.91 Å². The highest BCUT2D eigenvalue weighted by molar-refractivity contribution is 5.98. The summed E-state index contributed by atoms with van der Waals surface area (Å²) in [4.78, 5) is 29.0. The number of nitrogens with zero attached hydrogens (tertiary/aromatic N) is 1. The van der Waals surface area contributed by atoms with Gasteiger partial charge in [-0.15, -0.1) is 0 Å². The molecule has 1 heterocycles. The highest BCUT2D eigenvalue weighted by atomic mass is 16.2. The van der Waals surface area contributed by atoms with Crippen LogP contribution in [0.15, 0.2) is 54.6 Å². The average molecular weight is 406 g/mol. The van der Waals surface area contributed by atoms with E-state index in [1.165, 1.54) is 0 Å². The van der Waals surface area contributed by atoms with Gasteiger partial charge in [0.15, 0.2) is 0 Å². The van der Waals surface area contributed by atoms with E-state index in [4.69, 9.17) is 0 Å². The zero-order chi connectivity index (χ0) is 21.5. The van der Waals surface area contributed by atoms with Crippen LogP contribution in [0.3, 0.4) is 0 Å². The Bertz CT molecular complexity index is 1050. The number of nitrogens with one attached hydrogen (secondary N) is 4. The topological polar surface area (TPSA) is 95.2 Å². The van der Waals surface area contributed by atoms with Gasteiger partial charge in [0.1, 0.15) is 5.82 Å². The van der Waals surface area contributed by atoms with E-state index in [9.17, 15) is 9.59 Å². The molecule has 7 nitrogen and oxygen atoms in total. The van der Waals surface area contributed by atoms with Crippen molar-refractivity contribution in [2.24, 2.45) is 0 Å². The average Bonchev–Trinajstić information content (AvgIpc) is 2.72. The quantitative estimate of drug-likeness (QED) is 0.448. The molecule has 0 saturated carbocycles. The van der Waals surface area contributed by atoms with Crippen LogP contribution >= 0.6 is 0 Å². The molecule has 0 aliphatic rings. The van der Waals surface area contributed by atoms with Crippen LogP contribution in [-0.2, 0) is 0 Å². The van der Waals surface area contributed by atoms with Crippen molar-refractivity contribution in [1.82, 2.24) is 15.6 Å². The summed E-state index contributed by atoms with van der Waals surface area (Å²) in [5.41, 5.74) is 2.89. The first-order chi connectivity index (χ1) is 14.4. The number of benzene rings is 2. The Kier molecular flexibility index (Phi) is 6.85. The molecule has 30 heavy (non-hydrogen) atoms. The molecule has 0 radical (unpaired) electrons. The van der Waals surface area contributed by atoms with Crippen molar-refractivity contribution in [1.29, 1.82) is 0 Å². The van der Waals surface area contributed by atoms with Crippen LogP contribution in [0, 0.1) is 6.92 Å². The van der Waals surface area contributed by atoms with Gasteiger partial charge in [-0.05, 0) is 56.7 Å². The maximum atomic E-state index is 12.3. The number of rotatable bonds is 7. The highest BCUT2D eigenvalue weighted by Gasteiger charge is 2.12. The minimum absolute atomic E-state index is 0.0430. The van der Waals surface area contributed by atoms with E-state index in [0.717, 1.165) is 22.3 Å². The Morgan fingerprint density at radius 3 is 2.60 bits per heavy atom. The normalized spacial score (nSPS) is 10.7. The number of carbonyl (C=O) groups excluding carboxylic acids is 2. The summed E-state index contributed by atoms with van der Waals surface area (Å²) in [5, 5.41) is 12.7. The van der Waals surface area contributed by atoms with Crippen molar-refractivity contribution in [2.45, 2.75) is 26.8 Å². The highest BCUT2D eigenvalue weighted by Crippen LogP contribution is 2.16. The predicted octanol–water partition coefficient (Wildman–Crippen LogP) is 3.92. The summed E-state index contributed by atoms with van der Waals surface area (Å²) in [6.45, 7) is 6.64. The summed E-state index contributed by atoms with van der Waals surface area (Å²) >= 11 is 0. The van der Waals surface area contributed by atoms with Gasteiger partial charge in [0.2, 0.25) is 0 Å². The third-order valence-electron chi connectivity index (χ3n) is 4.47. The van der Waals surface area contributed by atoms with Crippen LogP contribution in [0.1, 0.15) is 29.8 Å². The number of para-hydroxylation sites is 1. The number of anilines is 2. The monoisotopic (exact) mass is 405 g/mol. The molecule has 0 saturated heterocycles. The number of hydrogen-bond donors (Lipinski definition) is 4. The van der Waals surface area contributed by atoms with Crippen LogP contribution in [0.2, 0.25) is 0 Å². The van der Waals surface area contributed by atoms with Crippen LogP contribution < -0.4 is 21.3 Å². The van der Waals surface area contributed by atoms with Gasteiger partial charge >= 0.3 is 6.03 Å². The number of fused-ring (bicyclic) bond motifs is 1. The molecule has 0 aliphatic heterocycles. The first-order valence-corrected chi connectivity index (χ1v) is 9.98. The van der Waals surface area contributed by atoms with E-state index < -0.39 is 0 Å². The molecule has 0 atom stereocenters. The fourth-order valence-electron chi connectivity index (χ4n) is 2.99. The molecule has 4 N–H and O–H groups in total. The molecule has 2 aromatic carbocycles. The fraction of sp³-hybridized carbons (Fsp3) is 0.261. The lowest BCUT2D eigenvalue weighted by Gasteiger charge is -2.13. The van der Waals surface area contributed by atoms with Crippen molar-refractivity contribution in [3.63, 3.8) is 0 Å². The van der Waals surface area contributed by atoms with Crippen molar-refractivity contribution in [3.05, 3.63) is 65.7 Å². The summed E-state index contributed by atoms with van der Waals surface area (Å²) in [6.07, 6.45) is 0. The molecule has 3 rings (SSSR count). The lowest BCUT2D eigenvalue weighted by atomic mass is 10.1. The van der Waals surface area contributed by atoms with E-state index in [1.807, 2.05) is 63.2 Å². The molecular formula is C23H27N5O2. The fourth-order valence-corrected chi connectivity index (χ4v) is 2.99. The SMILES string of the molecule is Cc1ccc(NC(=O)NCCNc2ccc3ccccc3n2)cc1C(=O)NC(C)C. The summed E-state index contributed by atoms with van der Waals surface area (Å²) in [5.74, 6) is 0.605. The molecule has 156 valence electrons. The van der Waals surface area contributed by atoms with Gasteiger partial charge in [0, 0.05) is 35.8 Å². The van der Waals surface area contributed by atoms with Crippen LogP contribution in [0.4, 0.5) is 16.3 Å². The molecule has 0 aliphatic carbocycles. The third kappa shape index (κ3) is 5.70. The molecule has 3 amide bonds. The van der Waals surface area contributed by atoms with Crippen molar-refractivity contribution in [2.75, 3.05) is 23.7 Å². The zero-order valence-corrected chi connectivity index (χ0v) is 17.5. The Morgan fingerprint density at radius 2 is 1.80 bits per heavy atom. The molecule has 0 spiro atoms. The lowest BCUT2D eigenvalue weighted by Crippen LogP contribution is -2.33. The minimum atomic E-state index is -0.331. The Hall–Kier alpha value is -3.61. The molecule has 7 heteroatoms. The van der Waals surface area contributed by atoms with E-state index in [2.05, 4.69) is 26.3 Å². The van der Waals surface area contributed by atoms with Crippen molar-refractivity contribution < 1.29 is 9.59 Å². The molecule has 0 bridgehead atoms. The standard InChI is InChI=1S/C23H27N5O2/c1-15(2)26-22(29)19-14-18(10-8-16(19)3)27-23(30)25-13-12-24-21-11-9-17-6-4-5-7-20(17)28-21/h4-11,14-15H,12-13H2,1-3H3,(H,24,28)(H,26,29)(H2,25,27,30). The summed E-state index contributed by atoms with van der Waals surface area (Å²) in [7, 11) is 0. The second-order valence-electron chi connectivity index (χ2n) is 7.35. The first-order valence-electron chi connectivity index (χ1n) is 9.98. The maximum absolute atomic E-state index is 12.3. The Balaban J connectivity index is 1.49. The number of urea groups is 1. The predicted molar refractivity (Wildman–Crippen MR) is 121 cm³/mol. The van der Waals surface area contributed by atoms with Gasteiger partial charge in [-0.1, -0.05) is 24.3 Å². The number of pyridine rings is 1. The molecule has 0 unspecified atom stereocenters. The smallest absolute Gasteiger partial charge is 0.319 e. The van der Waals surface area contributed by atoms with Crippen molar-refractivity contribution >= 4 is 34.3 Å². The molecule has 0 fully saturated rings. The molecule has 3 aromatic rings. The van der Waals surface area contributed by atoms with E-state index >= 15 is 0 Å². The first kappa shape index (κ1) is 21.1. The number of carbonyl (C=O) groups is 2. The van der Waals surface area contributed by atoms with Crippen molar-refractivity contribution in [3.8, 4) is 0 Å². The van der Waals surface area contributed by atoms with E-state index in [0.29, 0.717) is 24.3 Å². The van der Waals surface area contributed by atoms with E-state index in [1.54, 1.807) is 12.1 Å². The lowest BCUT2D eigenvalue weighted by molar-refractivity contribution is 0.0942. The van der Waals surface area contributed by atoms with Crippen LogP contribution in [-0.4, -0.2) is 36.1 Å². The van der Waals surface area contributed by atoms with Gasteiger partial charge in [-0.25, -0.2) is 9.78 Å². The molecular weight excluding hydrogens is 378 g/mol. The number of aromatic nitrogens is 1.